The predicted molar refractivity (Wildman–Crippen MR) is 176 cm³/mol. The molecule has 43 heavy (non-hydrogen) atoms. The molecule has 1 unspecified atom stereocenters. The molecular weight excluding hydrogens is 556 g/mol. The summed E-state index contributed by atoms with van der Waals surface area (Å²) in [7, 11) is 1.27. The molecule has 0 heterocycles. The van der Waals surface area contributed by atoms with E-state index in [1.807, 2.05) is 65.0 Å². The van der Waals surface area contributed by atoms with Crippen molar-refractivity contribution in [2.24, 2.45) is 5.41 Å². The van der Waals surface area contributed by atoms with E-state index in [2.05, 4.69) is 46.0 Å². The van der Waals surface area contributed by atoms with Crippen molar-refractivity contribution in [2.75, 3.05) is 14.2 Å². The van der Waals surface area contributed by atoms with Crippen molar-refractivity contribution < 1.29 is 28.2 Å². The summed E-state index contributed by atoms with van der Waals surface area (Å²) in [6.45, 7) is 21.0. The number of hydrogen-bond acceptors (Lipinski definition) is 6. The molecule has 234 valence electrons. The van der Waals surface area contributed by atoms with Gasteiger partial charge in [-0.2, -0.15) is 0 Å². The molecule has 0 fully saturated rings. The van der Waals surface area contributed by atoms with Gasteiger partial charge in [0, 0.05) is 16.9 Å². The number of benzene rings is 3. The van der Waals surface area contributed by atoms with Crippen LogP contribution < -0.4 is 18.9 Å². The lowest BCUT2D eigenvalue weighted by molar-refractivity contribution is -0.143. The fourth-order valence-corrected chi connectivity index (χ4v) is 6.86. The molecule has 4 rings (SSSR count). The fraction of sp³-hybridized carbons (Fsp3) is 0.528. The Bertz CT molecular complexity index is 1480. The van der Waals surface area contributed by atoms with E-state index in [4.69, 9.17) is 23.4 Å². The Hall–Kier alpha value is -3.03. The summed E-state index contributed by atoms with van der Waals surface area (Å²) in [6.07, 6.45) is 1.55. The monoisotopic (exact) mass is 606 g/mol. The van der Waals surface area contributed by atoms with Crippen LogP contribution in [0.15, 0.2) is 42.5 Å². The minimum Gasteiger partial charge on any atom is -0.496 e. The zero-order valence-electron chi connectivity index (χ0n) is 28.1. The first-order chi connectivity index (χ1) is 20.0. The van der Waals surface area contributed by atoms with Gasteiger partial charge in [-0.05, 0) is 101 Å². The van der Waals surface area contributed by atoms with Gasteiger partial charge in [-0.15, -0.1) is 0 Å². The van der Waals surface area contributed by atoms with Crippen molar-refractivity contribution in [3.8, 4) is 23.0 Å². The van der Waals surface area contributed by atoms with Crippen LogP contribution in [0, 0.1) is 5.41 Å². The molecule has 2 atom stereocenters. The van der Waals surface area contributed by atoms with E-state index in [1.54, 1.807) is 14.2 Å². The number of rotatable bonds is 8. The zero-order chi connectivity index (χ0) is 31.9. The van der Waals surface area contributed by atoms with Gasteiger partial charge in [-0.3, -0.25) is 4.79 Å². The highest BCUT2D eigenvalue weighted by Gasteiger charge is 2.42. The summed E-state index contributed by atoms with van der Waals surface area (Å²) >= 11 is 0. The normalized spacial score (nSPS) is 17.5. The Labute approximate surface area is 259 Å². The first-order valence-electron chi connectivity index (χ1n) is 15.4. The molecule has 0 aromatic heterocycles. The van der Waals surface area contributed by atoms with Crippen molar-refractivity contribution in [3.63, 3.8) is 0 Å². The third-order valence-corrected chi connectivity index (χ3v) is 13.3. The summed E-state index contributed by atoms with van der Waals surface area (Å²) in [6, 6.07) is 14.1. The molecule has 1 aliphatic rings. The van der Waals surface area contributed by atoms with Crippen LogP contribution in [0.4, 0.5) is 0 Å². The SMILES string of the molecule is COc1ccc(OC)c2c(C3CC[C@@H](O[Si](C)(C)C(C)(C)C)c4cccc(OC(=O)C(C)(C)C)c43)ccc(OC(C)C)c12. The van der Waals surface area contributed by atoms with Gasteiger partial charge < -0.3 is 23.4 Å². The standard InChI is InChI=1S/C36H50O6Si/c1-22(2)40-30-19-17-24(32-27(38-9)20-21-28(39-10)33(30)32)23-16-18-26(42-43(11,12)36(6,7)8)25-14-13-15-29(31(23)25)41-34(37)35(3,4)5/h13-15,17,19-23,26H,16,18H2,1-12H3/t23?,26-/m1/s1. The number of fused-ring (bicyclic) bond motifs is 2. The van der Waals surface area contributed by atoms with Crippen LogP contribution in [0.5, 0.6) is 23.0 Å². The lowest BCUT2D eigenvalue weighted by Crippen LogP contribution is -2.42. The van der Waals surface area contributed by atoms with Crippen LogP contribution in [0.2, 0.25) is 18.1 Å². The average molecular weight is 607 g/mol. The molecule has 0 aliphatic heterocycles. The Balaban J connectivity index is 1.99. The van der Waals surface area contributed by atoms with Gasteiger partial charge in [0.05, 0.1) is 37.2 Å². The highest BCUT2D eigenvalue weighted by Crippen LogP contribution is 2.53. The maximum atomic E-state index is 13.2. The van der Waals surface area contributed by atoms with Crippen molar-refractivity contribution in [1.29, 1.82) is 0 Å². The summed E-state index contributed by atoms with van der Waals surface area (Å²) in [4.78, 5) is 13.2. The van der Waals surface area contributed by atoms with Gasteiger partial charge in [0.25, 0.3) is 0 Å². The molecule has 1 aliphatic carbocycles. The highest BCUT2D eigenvalue weighted by molar-refractivity contribution is 6.74. The van der Waals surface area contributed by atoms with Gasteiger partial charge in [0.1, 0.15) is 23.0 Å². The van der Waals surface area contributed by atoms with E-state index < -0.39 is 13.7 Å². The summed E-state index contributed by atoms with van der Waals surface area (Å²) in [5, 5.41) is 1.88. The predicted octanol–water partition coefficient (Wildman–Crippen LogP) is 9.58. The van der Waals surface area contributed by atoms with Crippen molar-refractivity contribution >= 4 is 25.1 Å². The third-order valence-electron chi connectivity index (χ3n) is 8.83. The molecule has 3 aromatic rings. The Morgan fingerprint density at radius 2 is 1.40 bits per heavy atom. The summed E-state index contributed by atoms with van der Waals surface area (Å²) in [5.41, 5.74) is 2.51. The van der Waals surface area contributed by atoms with Crippen LogP contribution in [-0.2, 0) is 9.22 Å². The molecule has 0 N–H and O–H groups in total. The quantitative estimate of drug-likeness (QED) is 0.145. The van der Waals surface area contributed by atoms with E-state index in [0.717, 1.165) is 57.6 Å². The minimum atomic E-state index is -2.10. The van der Waals surface area contributed by atoms with E-state index in [0.29, 0.717) is 5.75 Å². The molecule has 0 saturated carbocycles. The van der Waals surface area contributed by atoms with Gasteiger partial charge in [-0.25, -0.2) is 0 Å². The van der Waals surface area contributed by atoms with E-state index in [1.165, 1.54) is 0 Å². The second kappa shape index (κ2) is 12.2. The maximum Gasteiger partial charge on any atom is 0.316 e. The number of ether oxygens (including phenoxy) is 4. The minimum absolute atomic E-state index is 0.0166. The number of hydrogen-bond donors (Lipinski definition) is 0. The highest BCUT2D eigenvalue weighted by atomic mass is 28.4. The van der Waals surface area contributed by atoms with Crippen LogP contribution >= 0.6 is 0 Å². The molecule has 0 bridgehead atoms. The van der Waals surface area contributed by atoms with Crippen LogP contribution in [0.1, 0.15) is 96.9 Å². The van der Waals surface area contributed by atoms with Crippen molar-refractivity contribution in [1.82, 2.24) is 0 Å². The lowest BCUT2D eigenvalue weighted by Gasteiger charge is -2.42. The van der Waals surface area contributed by atoms with E-state index in [9.17, 15) is 4.79 Å². The van der Waals surface area contributed by atoms with Crippen LogP contribution in [0.3, 0.4) is 0 Å². The number of esters is 1. The Morgan fingerprint density at radius 1 is 0.791 bits per heavy atom. The first-order valence-corrected chi connectivity index (χ1v) is 18.3. The van der Waals surface area contributed by atoms with Crippen molar-refractivity contribution in [3.05, 3.63) is 59.2 Å². The number of carbonyl (C=O) groups is 1. The maximum absolute atomic E-state index is 13.2. The van der Waals surface area contributed by atoms with Crippen LogP contribution in [-0.4, -0.2) is 34.6 Å². The van der Waals surface area contributed by atoms with E-state index >= 15 is 0 Å². The smallest absolute Gasteiger partial charge is 0.316 e. The largest absolute Gasteiger partial charge is 0.496 e. The second-order valence-electron chi connectivity index (χ2n) is 14.4. The van der Waals surface area contributed by atoms with Gasteiger partial charge in [0.2, 0.25) is 0 Å². The molecule has 3 aromatic carbocycles. The Kier molecular flexibility index (Phi) is 9.30. The molecular formula is C36H50O6Si. The Morgan fingerprint density at radius 3 is 1.95 bits per heavy atom. The van der Waals surface area contributed by atoms with Gasteiger partial charge >= 0.3 is 5.97 Å². The van der Waals surface area contributed by atoms with Gasteiger partial charge in [-0.1, -0.05) is 39.0 Å². The van der Waals surface area contributed by atoms with Crippen LogP contribution in [0.25, 0.3) is 10.8 Å². The average Bonchev–Trinajstić information content (AvgIpc) is 2.91. The molecule has 6 nitrogen and oxygen atoms in total. The number of carbonyl (C=O) groups excluding carboxylic acids is 1. The first kappa shape index (κ1) is 32.9. The molecule has 7 heteroatoms. The number of methoxy groups -OCH3 is 2. The molecule has 0 spiro atoms. The molecule has 0 saturated heterocycles. The fourth-order valence-electron chi connectivity index (χ4n) is 5.55. The summed E-state index contributed by atoms with van der Waals surface area (Å²) in [5.74, 6) is 2.45. The summed E-state index contributed by atoms with van der Waals surface area (Å²) < 4.78 is 31.3. The zero-order valence-corrected chi connectivity index (χ0v) is 29.1. The van der Waals surface area contributed by atoms with E-state index in [-0.39, 0.29) is 29.1 Å². The second-order valence-corrected chi connectivity index (χ2v) is 19.2. The lowest BCUT2D eigenvalue weighted by atomic mass is 9.75. The van der Waals surface area contributed by atoms with Crippen molar-refractivity contribution in [2.45, 2.75) is 104 Å². The topological polar surface area (TPSA) is 63.2 Å². The molecule has 0 radical (unpaired) electrons. The molecule has 0 amide bonds. The third kappa shape index (κ3) is 6.58. The van der Waals surface area contributed by atoms with Gasteiger partial charge in [0.15, 0.2) is 8.32 Å².